The van der Waals surface area contributed by atoms with Gasteiger partial charge < -0.3 is 19.7 Å². The average Bonchev–Trinajstić information content (AvgIpc) is 2.92. The molecule has 0 aromatic carbocycles. The molecule has 0 spiro atoms. The number of aliphatic carboxylic acids is 1. The second-order valence-electron chi connectivity index (χ2n) is 4.01. The lowest BCUT2D eigenvalue weighted by molar-refractivity contribution is -0.133. The fourth-order valence-corrected chi connectivity index (χ4v) is 1.83. The summed E-state index contributed by atoms with van der Waals surface area (Å²) in [6.07, 6.45) is 5.81. The number of imidazole rings is 1. The Morgan fingerprint density at radius 2 is 2.22 bits per heavy atom. The largest absolute Gasteiger partial charge is 0.503 e. The zero-order valence-corrected chi connectivity index (χ0v) is 9.61. The van der Waals surface area contributed by atoms with E-state index in [0.29, 0.717) is 19.5 Å². The van der Waals surface area contributed by atoms with Gasteiger partial charge in [0, 0.05) is 25.5 Å². The first-order chi connectivity index (χ1) is 8.59. The molecule has 18 heavy (non-hydrogen) atoms. The highest BCUT2D eigenvalue weighted by Crippen LogP contribution is 2.17. The van der Waals surface area contributed by atoms with E-state index in [1.54, 1.807) is 12.5 Å². The van der Waals surface area contributed by atoms with E-state index in [4.69, 9.17) is 5.11 Å². The number of aryl methyl sites for hydroxylation is 1. The molecule has 7 heteroatoms. The van der Waals surface area contributed by atoms with Crippen LogP contribution in [0.3, 0.4) is 0 Å². The Morgan fingerprint density at radius 1 is 1.44 bits per heavy atom. The number of carboxylic acid groups (broad SMARTS) is 1. The summed E-state index contributed by atoms with van der Waals surface area (Å²) in [5.41, 5.74) is -0.234. The van der Waals surface area contributed by atoms with E-state index in [9.17, 15) is 14.7 Å². The van der Waals surface area contributed by atoms with E-state index in [1.807, 2.05) is 10.8 Å². The third kappa shape index (κ3) is 2.34. The molecular weight excluding hydrogens is 238 g/mol. The molecule has 7 nitrogen and oxygen atoms in total. The van der Waals surface area contributed by atoms with Gasteiger partial charge in [-0.05, 0) is 6.42 Å². The fraction of sp³-hybridized carbons (Fsp3) is 0.364. The Kier molecular flexibility index (Phi) is 3.31. The van der Waals surface area contributed by atoms with Crippen LogP contribution in [0.25, 0.3) is 0 Å². The van der Waals surface area contributed by atoms with Crippen LogP contribution in [-0.4, -0.2) is 49.6 Å². The lowest BCUT2D eigenvalue weighted by Crippen LogP contribution is -2.29. The van der Waals surface area contributed by atoms with Gasteiger partial charge in [0.15, 0.2) is 5.76 Å². The molecule has 1 aliphatic rings. The predicted molar refractivity (Wildman–Crippen MR) is 60.7 cm³/mol. The maximum atomic E-state index is 11.5. The van der Waals surface area contributed by atoms with Crippen LogP contribution >= 0.6 is 0 Å². The van der Waals surface area contributed by atoms with Crippen molar-refractivity contribution < 1.29 is 19.8 Å². The van der Waals surface area contributed by atoms with Crippen molar-refractivity contribution in [3.63, 3.8) is 0 Å². The average molecular weight is 251 g/mol. The summed E-state index contributed by atoms with van der Waals surface area (Å²) >= 11 is 0. The van der Waals surface area contributed by atoms with Crippen LogP contribution in [0.5, 0.6) is 0 Å². The highest BCUT2D eigenvalue weighted by molar-refractivity contribution is 6.04. The molecule has 0 fully saturated rings. The van der Waals surface area contributed by atoms with Crippen LogP contribution in [0.2, 0.25) is 0 Å². The Hall–Kier alpha value is -2.31. The highest BCUT2D eigenvalue weighted by atomic mass is 16.4. The van der Waals surface area contributed by atoms with Crippen LogP contribution in [0, 0.1) is 0 Å². The molecule has 1 amide bonds. The van der Waals surface area contributed by atoms with Crippen molar-refractivity contribution in [2.45, 2.75) is 13.0 Å². The molecule has 2 N–H and O–H groups in total. The zero-order valence-electron chi connectivity index (χ0n) is 9.61. The minimum atomic E-state index is -1.25. The van der Waals surface area contributed by atoms with Crippen LogP contribution < -0.4 is 0 Å². The van der Waals surface area contributed by atoms with E-state index in [1.165, 1.54) is 4.90 Å². The van der Waals surface area contributed by atoms with Gasteiger partial charge in [-0.1, -0.05) is 0 Å². The second kappa shape index (κ2) is 4.91. The molecule has 0 unspecified atom stereocenters. The number of hydrogen-bond donors (Lipinski definition) is 2. The minimum absolute atomic E-state index is 0.0378. The van der Waals surface area contributed by atoms with Crippen LogP contribution in [0.1, 0.15) is 6.42 Å². The molecule has 0 radical (unpaired) electrons. The van der Waals surface area contributed by atoms with E-state index < -0.39 is 17.6 Å². The van der Waals surface area contributed by atoms with Gasteiger partial charge in [0.2, 0.25) is 0 Å². The third-order valence-corrected chi connectivity index (χ3v) is 2.79. The summed E-state index contributed by atoms with van der Waals surface area (Å²) in [6, 6.07) is 0. The van der Waals surface area contributed by atoms with Crippen molar-refractivity contribution in [2.75, 3.05) is 13.1 Å². The summed E-state index contributed by atoms with van der Waals surface area (Å²) in [4.78, 5) is 27.5. The summed E-state index contributed by atoms with van der Waals surface area (Å²) in [5.74, 6) is -2.51. The van der Waals surface area contributed by atoms with Crippen molar-refractivity contribution in [1.29, 1.82) is 0 Å². The molecule has 0 atom stereocenters. The smallest absolute Gasteiger partial charge is 0.337 e. The summed E-state index contributed by atoms with van der Waals surface area (Å²) in [7, 11) is 0. The molecular formula is C11H13N3O4. The van der Waals surface area contributed by atoms with E-state index in [0.717, 1.165) is 0 Å². The molecule has 1 aromatic heterocycles. The molecule has 0 saturated carbocycles. The Balaban J connectivity index is 1.86. The van der Waals surface area contributed by atoms with E-state index in [-0.39, 0.29) is 12.1 Å². The summed E-state index contributed by atoms with van der Waals surface area (Å²) in [5, 5.41) is 18.2. The number of aromatic nitrogens is 2. The number of rotatable bonds is 5. The molecule has 1 aromatic rings. The number of hydrogen-bond acceptors (Lipinski definition) is 4. The highest BCUT2D eigenvalue weighted by Gasteiger charge is 2.33. The number of amides is 1. The fourth-order valence-electron chi connectivity index (χ4n) is 1.83. The number of aliphatic hydroxyl groups excluding tert-OH is 1. The molecule has 2 rings (SSSR count). The van der Waals surface area contributed by atoms with Gasteiger partial charge >= 0.3 is 5.97 Å². The minimum Gasteiger partial charge on any atom is -0.503 e. The van der Waals surface area contributed by atoms with Crippen molar-refractivity contribution in [2.24, 2.45) is 0 Å². The van der Waals surface area contributed by atoms with Crippen molar-refractivity contribution in [1.82, 2.24) is 14.5 Å². The molecule has 0 bridgehead atoms. The second-order valence-corrected chi connectivity index (χ2v) is 4.01. The van der Waals surface area contributed by atoms with Gasteiger partial charge in [-0.2, -0.15) is 0 Å². The molecule has 96 valence electrons. The van der Waals surface area contributed by atoms with Crippen LogP contribution in [-0.2, 0) is 16.1 Å². The third-order valence-electron chi connectivity index (χ3n) is 2.79. The lowest BCUT2D eigenvalue weighted by atomic mass is 10.3. The maximum absolute atomic E-state index is 11.5. The first kappa shape index (κ1) is 12.2. The van der Waals surface area contributed by atoms with E-state index in [2.05, 4.69) is 4.98 Å². The van der Waals surface area contributed by atoms with Gasteiger partial charge in [0.1, 0.15) is 5.57 Å². The number of nitrogens with zero attached hydrogens (tertiary/aromatic N) is 3. The topological polar surface area (TPSA) is 95.7 Å². The monoisotopic (exact) mass is 251 g/mol. The Morgan fingerprint density at radius 3 is 2.78 bits per heavy atom. The van der Waals surface area contributed by atoms with Crippen molar-refractivity contribution in [3.8, 4) is 0 Å². The SMILES string of the molecule is O=C(O)C1=C(O)C(=O)N(CCCn2ccnc2)C1. The van der Waals surface area contributed by atoms with Crippen molar-refractivity contribution >= 4 is 11.9 Å². The first-order valence-corrected chi connectivity index (χ1v) is 5.50. The van der Waals surface area contributed by atoms with Gasteiger partial charge in [-0.3, -0.25) is 4.79 Å². The number of carbonyl (C=O) groups is 2. The normalized spacial score (nSPS) is 15.6. The zero-order chi connectivity index (χ0) is 13.1. The number of aliphatic hydroxyl groups is 1. The number of carbonyl (C=O) groups excluding carboxylic acids is 1. The van der Waals surface area contributed by atoms with Gasteiger partial charge in [-0.25, -0.2) is 9.78 Å². The lowest BCUT2D eigenvalue weighted by Gasteiger charge is -2.15. The quantitative estimate of drug-likeness (QED) is 0.768. The standard InChI is InChI=1S/C11H13N3O4/c15-9-8(11(17)18)6-14(10(9)16)4-1-3-13-5-2-12-7-13/h2,5,7,15H,1,3-4,6H2,(H,17,18). The number of carboxylic acids is 1. The molecule has 0 aliphatic carbocycles. The first-order valence-electron chi connectivity index (χ1n) is 5.50. The van der Waals surface area contributed by atoms with Crippen molar-refractivity contribution in [3.05, 3.63) is 30.1 Å². The molecule has 2 heterocycles. The molecule has 0 saturated heterocycles. The summed E-state index contributed by atoms with van der Waals surface area (Å²) < 4.78 is 1.87. The Labute approximate surface area is 103 Å². The summed E-state index contributed by atoms with van der Waals surface area (Å²) in [6.45, 7) is 1.05. The van der Waals surface area contributed by atoms with Crippen LogP contribution in [0.15, 0.2) is 30.1 Å². The molecule has 1 aliphatic heterocycles. The van der Waals surface area contributed by atoms with E-state index >= 15 is 0 Å². The Bertz CT molecular complexity index is 492. The van der Waals surface area contributed by atoms with Gasteiger partial charge in [-0.15, -0.1) is 0 Å². The van der Waals surface area contributed by atoms with Gasteiger partial charge in [0.05, 0.1) is 12.9 Å². The predicted octanol–water partition coefficient (Wildman–Crippen LogP) is 0.0121. The van der Waals surface area contributed by atoms with Crippen LogP contribution in [0.4, 0.5) is 0 Å². The maximum Gasteiger partial charge on any atom is 0.337 e. The van der Waals surface area contributed by atoms with Gasteiger partial charge in [0.25, 0.3) is 5.91 Å².